The number of hydrogen-bond donors (Lipinski definition) is 1. The first-order valence-corrected chi connectivity index (χ1v) is 10.7. The Labute approximate surface area is 175 Å². The summed E-state index contributed by atoms with van der Waals surface area (Å²) in [5.74, 6) is -0.694. The number of sulfonamides is 1. The predicted octanol–water partition coefficient (Wildman–Crippen LogP) is 3.00. The zero-order chi connectivity index (χ0) is 22.1. The van der Waals surface area contributed by atoms with Crippen LogP contribution >= 0.6 is 0 Å². The van der Waals surface area contributed by atoms with Crippen molar-refractivity contribution in [1.29, 1.82) is 0 Å². The fourth-order valence-corrected chi connectivity index (χ4v) is 4.11. The highest BCUT2D eigenvalue weighted by Gasteiger charge is 2.47. The molecule has 1 aliphatic rings. The summed E-state index contributed by atoms with van der Waals surface area (Å²) in [4.78, 5) is 25.6. The number of fused-ring (bicyclic) bond motifs is 1. The molecule has 0 amide bonds. The second-order valence-electron chi connectivity index (χ2n) is 7.57. The van der Waals surface area contributed by atoms with Gasteiger partial charge in [-0.05, 0) is 45.0 Å². The lowest BCUT2D eigenvalue weighted by atomic mass is 9.78. The Morgan fingerprint density at radius 3 is 2.40 bits per heavy atom. The Morgan fingerprint density at radius 2 is 1.77 bits per heavy atom. The van der Waals surface area contributed by atoms with E-state index in [1.54, 1.807) is 50.2 Å². The predicted molar refractivity (Wildman–Crippen MR) is 111 cm³/mol. The molecular formula is C22H23NO6S. The molecule has 7 nitrogen and oxygen atoms in total. The monoisotopic (exact) mass is 429 g/mol. The van der Waals surface area contributed by atoms with Gasteiger partial charge in [0, 0.05) is 6.20 Å². The first kappa shape index (κ1) is 21.6. The number of Topliss-reactive ketones (excluding diaryl/α,β-unsaturated/α-hetero) is 1. The van der Waals surface area contributed by atoms with Crippen LogP contribution in [-0.2, 0) is 19.6 Å². The van der Waals surface area contributed by atoms with Crippen LogP contribution < -0.4 is 9.46 Å². The number of aryl methyl sites for hydroxylation is 1. The van der Waals surface area contributed by atoms with Crippen molar-refractivity contribution in [2.45, 2.75) is 31.8 Å². The quantitative estimate of drug-likeness (QED) is 0.580. The van der Waals surface area contributed by atoms with E-state index < -0.39 is 33.3 Å². The fraction of sp³-hybridized carbons (Fsp3) is 0.273. The molecule has 1 unspecified atom stereocenters. The zero-order valence-electron chi connectivity index (χ0n) is 17.1. The van der Waals surface area contributed by atoms with E-state index in [2.05, 4.69) is 4.72 Å². The summed E-state index contributed by atoms with van der Waals surface area (Å²) in [6.45, 7) is 5.00. The van der Waals surface area contributed by atoms with E-state index in [1.807, 2.05) is 6.92 Å². The minimum atomic E-state index is -3.92. The molecule has 0 aliphatic carbocycles. The third-order valence-corrected chi connectivity index (χ3v) is 6.31. The topological polar surface area (TPSA) is 98.8 Å². The van der Waals surface area contributed by atoms with E-state index in [4.69, 9.17) is 9.47 Å². The Hall–Kier alpha value is -3.13. The number of benzene rings is 2. The van der Waals surface area contributed by atoms with E-state index in [-0.39, 0.29) is 16.0 Å². The highest BCUT2D eigenvalue weighted by molar-refractivity contribution is 7.89. The van der Waals surface area contributed by atoms with Crippen LogP contribution in [0.1, 0.15) is 29.8 Å². The maximum Gasteiger partial charge on any atom is 0.315 e. The molecule has 2 aromatic carbocycles. The number of ether oxygens (including phenoxy) is 2. The van der Waals surface area contributed by atoms with E-state index in [1.165, 1.54) is 19.2 Å². The molecule has 0 radical (unpaired) electrons. The minimum Gasteiger partial charge on any atom is -0.484 e. The SMILES string of the molecule is COC(=O)C(C)(C)C1Oc2ccccc2C(=O)/C1=C\NS(=O)(=O)c1ccc(C)cc1. The van der Waals surface area contributed by atoms with Gasteiger partial charge in [-0.15, -0.1) is 0 Å². The van der Waals surface area contributed by atoms with Gasteiger partial charge < -0.3 is 9.47 Å². The van der Waals surface area contributed by atoms with Crippen molar-refractivity contribution < 1.29 is 27.5 Å². The van der Waals surface area contributed by atoms with Gasteiger partial charge in [0.25, 0.3) is 10.0 Å². The molecule has 0 saturated carbocycles. The first-order valence-electron chi connectivity index (χ1n) is 9.26. The highest BCUT2D eigenvalue weighted by atomic mass is 32.2. The normalized spacial score (nSPS) is 17.8. The van der Waals surface area contributed by atoms with Gasteiger partial charge in [-0.1, -0.05) is 29.8 Å². The summed E-state index contributed by atoms with van der Waals surface area (Å²) in [7, 11) is -2.68. The van der Waals surface area contributed by atoms with E-state index in [0.717, 1.165) is 11.8 Å². The molecule has 8 heteroatoms. The van der Waals surface area contributed by atoms with E-state index >= 15 is 0 Å². The maximum atomic E-state index is 13.1. The van der Waals surface area contributed by atoms with Crippen molar-refractivity contribution in [2.24, 2.45) is 5.41 Å². The largest absolute Gasteiger partial charge is 0.484 e. The van der Waals surface area contributed by atoms with Gasteiger partial charge >= 0.3 is 5.97 Å². The average molecular weight is 429 g/mol. The summed E-state index contributed by atoms with van der Waals surface area (Å²) in [5, 5.41) is 0. The van der Waals surface area contributed by atoms with Crippen LogP contribution in [0.2, 0.25) is 0 Å². The molecule has 0 fully saturated rings. The Bertz CT molecular complexity index is 1120. The van der Waals surface area contributed by atoms with Crippen molar-refractivity contribution in [2.75, 3.05) is 7.11 Å². The highest BCUT2D eigenvalue weighted by Crippen LogP contribution is 2.38. The van der Waals surface area contributed by atoms with Crippen LogP contribution in [-0.4, -0.2) is 33.4 Å². The summed E-state index contributed by atoms with van der Waals surface area (Å²) >= 11 is 0. The smallest absolute Gasteiger partial charge is 0.315 e. The zero-order valence-corrected chi connectivity index (χ0v) is 17.9. The summed E-state index contributed by atoms with van der Waals surface area (Å²) < 4.78 is 38.5. The molecule has 1 aliphatic heterocycles. The first-order chi connectivity index (χ1) is 14.1. The molecule has 1 N–H and O–H groups in total. The van der Waals surface area contributed by atoms with E-state index in [9.17, 15) is 18.0 Å². The Morgan fingerprint density at radius 1 is 1.13 bits per heavy atom. The number of rotatable bonds is 5. The number of nitrogens with one attached hydrogen (secondary N) is 1. The molecule has 0 bridgehead atoms. The lowest BCUT2D eigenvalue weighted by Crippen LogP contribution is -2.47. The van der Waals surface area contributed by atoms with E-state index in [0.29, 0.717) is 5.75 Å². The van der Waals surface area contributed by atoms with Gasteiger partial charge in [0.15, 0.2) is 5.78 Å². The summed E-state index contributed by atoms with van der Waals surface area (Å²) in [5.41, 5.74) is -0.0337. The molecule has 0 saturated heterocycles. The summed E-state index contributed by atoms with van der Waals surface area (Å²) in [6, 6.07) is 12.9. The molecule has 1 heterocycles. The fourth-order valence-electron chi connectivity index (χ4n) is 3.20. The van der Waals surface area contributed by atoms with Crippen LogP contribution in [0, 0.1) is 12.3 Å². The molecule has 158 valence electrons. The number of carbonyl (C=O) groups is 2. The minimum absolute atomic E-state index is 0.0137. The van der Waals surface area contributed by atoms with Crippen LogP contribution in [0.15, 0.2) is 65.2 Å². The van der Waals surface area contributed by atoms with Gasteiger partial charge in [-0.2, -0.15) is 0 Å². The second kappa shape index (κ2) is 7.95. The molecule has 1 atom stereocenters. The Kier molecular flexibility index (Phi) is 5.72. The number of ketones is 1. The number of esters is 1. The van der Waals surface area contributed by atoms with Crippen molar-refractivity contribution in [1.82, 2.24) is 4.72 Å². The van der Waals surface area contributed by atoms with Crippen LogP contribution in [0.3, 0.4) is 0 Å². The molecule has 3 rings (SSSR count). The lowest BCUT2D eigenvalue weighted by Gasteiger charge is -2.36. The van der Waals surface area contributed by atoms with Gasteiger partial charge in [0.05, 0.1) is 23.1 Å². The molecule has 2 aromatic rings. The second-order valence-corrected chi connectivity index (χ2v) is 9.28. The molecule has 0 aromatic heterocycles. The van der Waals surface area contributed by atoms with Crippen LogP contribution in [0.4, 0.5) is 0 Å². The van der Waals surface area contributed by atoms with Crippen molar-refractivity contribution in [3.05, 3.63) is 71.4 Å². The van der Waals surface area contributed by atoms with Gasteiger partial charge in [-0.3, -0.25) is 14.3 Å². The van der Waals surface area contributed by atoms with Crippen molar-refractivity contribution in [3.63, 3.8) is 0 Å². The van der Waals surface area contributed by atoms with Crippen LogP contribution in [0.25, 0.3) is 0 Å². The molecular weight excluding hydrogens is 406 g/mol. The third-order valence-electron chi connectivity index (χ3n) is 4.99. The van der Waals surface area contributed by atoms with Gasteiger partial charge in [0.2, 0.25) is 0 Å². The molecule has 30 heavy (non-hydrogen) atoms. The lowest BCUT2D eigenvalue weighted by molar-refractivity contribution is -0.154. The third kappa shape index (κ3) is 3.95. The van der Waals surface area contributed by atoms with Gasteiger partial charge in [0.1, 0.15) is 17.3 Å². The number of carbonyl (C=O) groups excluding carboxylic acids is 2. The van der Waals surface area contributed by atoms with Crippen molar-refractivity contribution >= 4 is 21.8 Å². The van der Waals surface area contributed by atoms with Crippen LogP contribution in [0.5, 0.6) is 5.75 Å². The number of para-hydroxylation sites is 1. The number of methoxy groups -OCH3 is 1. The number of hydrogen-bond acceptors (Lipinski definition) is 6. The molecule has 0 spiro atoms. The maximum absolute atomic E-state index is 13.1. The van der Waals surface area contributed by atoms with Gasteiger partial charge in [-0.25, -0.2) is 8.42 Å². The standard InChI is InChI=1S/C22H23NO6S/c1-14-9-11-15(12-10-14)30(26,27)23-13-17-19(24)16-7-5-6-8-18(16)29-20(17)22(2,3)21(25)28-4/h5-13,20,23H,1-4H3/b17-13+. The average Bonchev–Trinajstić information content (AvgIpc) is 2.72. The Balaban J connectivity index is 2.05. The van der Waals surface area contributed by atoms with Crippen molar-refractivity contribution in [3.8, 4) is 5.75 Å². The summed E-state index contributed by atoms with van der Waals surface area (Å²) in [6.07, 6.45) is 0.0519.